The highest BCUT2D eigenvalue weighted by Gasteiger charge is 2.22. The first-order chi connectivity index (χ1) is 10.1. The third-order valence-corrected chi connectivity index (χ3v) is 4.16. The summed E-state index contributed by atoms with van der Waals surface area (Å²) in [4.78, 5) is 2.39. The average molecular weight is 301 g/mol. The van der Waals surface area contributed by atoms with Gasteiger partial charge in [-0.2, -0.15) is 0 Å². The molecular weight excluding hydrogens is 280 g/mol. The molecule has 0 aromatic heterocycles. The maximum absolute atomic E-state index is 6.24. The third kappa shape index (κ3) is 3.07. The number of rotatable bonds is 4. The predicted octanol–water partition coefficient (Wildman–Crippen LogP) is 4.53. The number of fused-ring (bicyclic) bond motifs is 1. The SMILES string of the molecule is CC(C)NCc1ccc(Cl)cc1N1CCc2ccccc21. The molecule has 0 amide bonds. The molecule has 1 aliphatic heterocycles. The Bertz CT molecular complexity index is 637. The van der Waals surface area contributed by atoms with Gasteiger partial charge in [-0.05, 0) is 35.7 Å². The number of halogens is 1. The lowest BCUT2D eigenvalue weighted by Gasteiger charge is -2.24. The number of hydrogen-bond acceptors (Lipinski definition) is 2. The quantitative estimate of drug-likeness (QED) is 0.892. The van der Waals surface area contributed by atoms with Crippen LogP contribution < -0.4 is 10.2 Å². The molecule has 3 rings (SSSR count). The van der Waals surface area contributed by atoms with E-state index in [9.17, 15) is 0 Å². The molecular formula is C18H21ClN2. The molecule has 110 valence electrons. The van der Waals surface area contributed by atoms with Gasteiger partial charge in [0.25, 0.3) is 0 Å². The summed E-state index contributed by atoms with van der Waals surface area (Å²) >= 11 is 6.24. The van der Waals surface area contributed by atoms with E-state index >= 15 is 0 Å². The Labute approximate surface area is 131 Å². The van der Waals surface area contributed by atoms with Crippen molar-refractivity contribution in [2.24, 2.45) is 0 Å². The zero-order valence-electron chi connectivity index (χ0n) is 12.6. The number of nitrogens with zero attached hydrogens (tertiary/aromatic N) is 1. The molecule has 0 unspecified atom stereocenters. The number of nitrogens with one attached hydrogen (secondary N) is 1. The van der Waals surface area contributed by atoms with Crippen LogP contribution in [0.5, 0.6) is 0 Å². The van der Waals surface area contributed by atoms with Gasteiger partial charge in [-0.15, -0.1) is 0 Å². The second-order valence-corrected chi connectivity index (χ2v) is 6.28. The van der Waals surface area contributed by atoms with E-state index in [-0.39, 0.29) is 0 Å². The third-order valence-electron chi connectivity index (χ3n) is 3.93. The minimum atomic E-state index is 0.472. The van der Waals surface area contributed by atoms with Gasteiger partial charge in [0.2, 0.25) is 0 Å². The lowest BCUT2D eigenvalue weighted by atomic mass is 10.1. The fourth-order valence-corrected chi connectivity index (χ4v) is 3.01. The second-order valence-electron chi connectivity index (χ2n) is 5.84. The van der Waals surface area contributed by atoms with Crippen molar-refractivity contribution in [1.82, 2.24) is 5.32 Å². The van der Waals surface area contributed by atoms with Crippen molar-refractivity contribution in [2.75, 3.05) is 11.4 Å². The van der Waals surface area contributed by atoms with E-state index in [0.717, 1.165) is 24.5 Å². The van der Waals surface area contributed by atoms with Crippen molar-refractivity contribution in [1.29, 1.82) is 0 Å². The normalized spacial score (nSPS) is 13.8. The summed E-state index contributed by atoms with van der Waals surface area (Å²) in [5.41, 5.74) is 5.25. The number of benzene rings is 2. The van der Waals surface area contributed by atoms with E-state index in [1.54, 1.807) is 0 Å². The molecule has 0 bridgehead atoms. The molecule has 3 heteroatoms. The van der Waals surface area contributed by atoms with Gasteiger partial charge in [-0.1, -0.05) is 49.7 Å². The first-order valence-corrected chi connectivity index (χ1v) is 7.90. The van der Waals surface area contributed by atoms with Crippen LogP contribution in [-0.2, 0) is 13.0 Å². The minimum absolute atomic E-state index is 0.472. The molecule has 2 nitrogen and oxygen atoms in total. The molecule has 2 aromatic carbocycles. The Morgan fingerprint density at radius 1 is 1.14 bits per heavy atom. The molecule has 2 aromatic rings. The van der Waals surface area contributed by atoms with Gasteiger partial charge in [0.05, 0.1) is 0 Å². The highest BCUT2D eigenvalue weighted by Crippen LogP contribution is 2.37. The predicted molar refractivity (Wildman–Crippen MR) is 90.6 cm³/mol. The van der Waals surface area contributed by atoms with E-state index in [4.69, 9.17) is 11.6 Å². The lowest BCUT2D eigenvalue weighted by molar-refractivity contribution is 0.589. The fourth-order valence-electron chi connectivity index (χ4n) is 2.84. The van der Waals surface area contributed by atoms with Crippen LogP contribution in [-0.4, -0.2) is 12.6 Å². The van der Waals surface area contributed by atoms with E-state index < -0.39 is 0 Å². The van der Waals surface area contributed by atoms with Gasteiger partial charge in [-0.25, -0.2) is 0 Å². The van der Waals surface area contributed by atoms with Crippen LogP contribution in [0, 0.1) is 0 Å². The standard InChI is InChI=1S/C18H21ClN2/c1-13(2)20-12-15-7-8-16(19)11-18(15)21-10-9-14-5-3-4-6-17(14)21/h3-8,11,13,20H,9-10,12H2,1-2H3. The highest BCUT2D eigenvalue weighted by molar-refractivity contribution is 6.30. The Hall–Kier alpha value is -1.51. The number of anilines is 2. The maximum atomic E-state index is 6.24. The zero-order chi connectivity index (χ0) is 14.8. The van der Waals surface area contributed by atoms with E-state index in [1.807, 2.05) is 6.07 Å². The summed E-state index contributed by atoms with van der Waals surface area (Å²) in [6, 6.07) is 15.3. The lowest BCUT2D eigenvalue weighted by Crippen LogP contribution is -2.24. The van der Waals surface area contributed by atoms with Gasteiger partial charge in [0, 0.05) is 35.5 Å². The second kappa shape index (κ2) is 6.08. The Morgan fingerprint density at radius 2 is 1.95 bits per heavy atom. The number of para-hydroxylation sites is 1. The van der Waals surface area contributed by atoms with Crippen LogP contribution in [0.15, 0.2) is 42.5 Å². The molecule has 1 aliphatic rings. The van der Waals surface area contributed by atoms with Crippen LogP contribution >= 0.6 is 11.6 Å². The first kappa shape index (κ1) is 14.4. The Morgan fingerprint density at radius 3 is 2.76 bits per heavy atom. The van der Waals surface area contributed by atoms with Crippen molar-refractivity contribution in [2.45, 2.75) is 32.9 Å². The Balaban J connectivity index is 1.96. The van der Waals surface area contributed by atoms with Crippen LogP contribution in [0.4, 0.5) is 11.4 Å². The highest BCUT2D eigenvalue weighted by atomic mass is 35.5. The molecule has 0 atom stereocenters. The molecule has 0 radical (unpaired) electrons. The minimum Gasteiger partial charge on any atom is -0.341 e. The summed E-state index contributed by atoms with van der Waals surface area (Å²) < 4.78 is 0. The Kier molecular flexibility index (Phi) is 4.18. The zero-order valence-corrected chi connectivity index (χ0v) is 13.3. The molecule has 0 fully saturated rings. The van der Waals surface area contributed by atoms with Gasteiger partial charge >= 0.3 is 0 Å². The largest absolute Gasteiger partial charge is 0.341 e. The molecule has 0 saturated carbocycles. The van der Waals surface area contributed by atoms with Crippen molar-refractivity contribution < 1.29 is 0 Å². The fraction of sp³-hybridized carbons (Fsp3) is 0.333. The van der Waals surface area contributed by atoms with Crippen molar-refractivity contribution in [3.63, 3.8) is 0 Å². The van der Waals surface area contributed by atoms with Crippen LogP contribution in [0.25, 0.3) is 0 Å². The summed E-state index contributed by atoms with van der Waals surface area (Å²) in [6.45, 7) is 6.22. The van der Waals surface area contributed by atoms with Crippen molar-refractivity contribution in [3.05, 3.63) is 58.6 Å². The van der Waals surface area contributed by atoms with E-state index in [0.29, 0.717) is 6.04 Å². The molecule has 0 spiro atoms. The topological polar surface area (TPSA) is 15.3 Å². The molecule has 1 heterocycles. The number of hydrogen-bond donors (Lipinski definition) is 1. The van der Waals surface area contributed by atoms with Gasteiger partial charge in [-0.3, -0.25) is 0 Å². The molecule has 1 N–H and O–H groups in total. The van der Waals surface area contributed by atoms with E-state index in [1.165, 1.54) is 22.5 Å². The van der Waals surface area contributed by atoms with Gasteiger partial charge in [0.1, 0.15) is 0 Å². The van der Waals surface area contributed by atoms with Crippen LogP contribution in [0.3, 0.4) is 0 Å². The molecule has 0 saturated heterocycles. The van der Waals surface area contributed by atoms with Crippen LogP contribution in [0.2, 0.25) is 5.02 Å². The van der Waals surface area contributed by atoms with Crippen molar-refractivity contribution >= 4 is 23.0 Å². The van der Waals surface area contributed by atoms with Gasteiger partial charge < -0.3 is 10.2 Å². The van der Waals surface area contributed by atoms with E-state index in [2.05, 4.69) is 60.5 Å². The monoisotopic (exact) mass is 300 g/mol. The summed E-state index contributed by atoms with van der Waals surface area (Å²) in [6.07, 6.45) is 1.10. The first-order valence-electron chi connectivity index (χ1n) is 7.52. The van der Waals surface area contributed by atoms with Crippen molar-refractivity contribution in [3.8, 4) is 0 Å². The average Bonchev–Trinajstić information content (AvgIpc) is 2.89. The summed E-state index contributed by atoms with van der Waals surface area (Å²) in [5.74, 6) is 0. The van der Waals surface area contributed by atoms with Crippen LogP contribution in [0.1, 0.15) is 25.0 Å². The maximum Gasteiger partial charge on any atom is 0.0471 e. The molecule has 21 heavy (non-hydrogen) atoms. The smallest absolute Gasteiger partial charge is 0.0471 e. The summed E-state index contributed by atoms with van der Waals surface area (Å²) in [7, 11) is 0. The van der Waals surface area contributed by atoms with Gasteiger partial charge in [0.15, 0.2) is 0 Å². The summed E-state index contributed by atoms with van der Waals surface area (Å²) in [5, 5.41) is 4.29. The molecule has 0 aliphatic carbocycles.